The summed E-state index contributed by atoms with van der Waals surface area (Å²) in [5, 5.41) is 10.6. The molecule has 1 aromatic rings. The van der Waals surface area contributed by atoms with Gasteiger partial charge in [-0.1, -0.05) is 37.8 Å². The van der Waals surface area contributed by atoms with Gasteiger partial charge in [0.1, 0.15) is 18.7 Å². The quantitative estimate of drug-likeness (QED) is 0.658. The van der Waals surface area contributed by atoms with Crippen molar-refractivity contribution in [1.82, 2.24) is 10.2 Å². The Morgan fingerprint density at radius 3 is 2.08 bits per heavy atom. The molecule has 2 atom stereocenters. The number of carboxylic acid groups (broad SMARTS) is 1. The van der Waals surface area contributed by atoms with Crippen molar-refractivity contribution in [3.05, 3.63) is 35.9 Å². The number of urea groups is 1. The lowest BCUT2D eigenvalue weighted by atomic mass is 10.2. The SMILES string of the molecule is C.C[C@H](N)C(=O)OCc1ccccc1.C[C@H](NC(=O)N(C)C)C(=O)O.Cl. The predicted molar refractivity (Wildman–Crippen MR) is 103 cm³/mol. The van der Waals surface area contributed by atoms with E-state index in [1.807, 2.05) is 30.3 Å². The van der Waals surface area contributed by atoms with Crippen molar-refractivity contribution in [2.45, 2.75) is 40.0 Å². The summed E-state index contributed by atoms with van der Waals surface area (Å²) in [5.41, 5.74) is 6.29. The van der Waals surface area contributed by atoms with Crippen molar-refractivity contribution in [2.24, 2.45) is 5.73 Å². The highest BCUT2D eigenvalue weighted by Gasteiger charge is 2.14. The largest absolute Gasteiger partial charge is 0.480 e. The molecule has 0 unspecified atom stereocenters. The Kier molecular flexibility index (Phi) is 16.4. The summed E-state index contributed by atoms with van der Waals surface area (Å²) in [6, 6.07) is 7.71. The maximum atomic E-state index is 11.0. The Balaban J connectivity index is -0.000000383. The van der Waals surface area contributed by atoms with Crippen LogP contribution in [0.1, 0.15) is 26.8 Å². The van der Waals surface area contributed by atoms with Crippen LogP contribution in [-0.4, -0.2) is 54.2 Å². The van der Waals surface area contributed by atoms with E-state index in [9.17, 15) is 14.4 Å². The highest BCUT2D eigenvalue weighted by atomic mass is 35.5. The average molecular weight is 392 g/mol. The van der Waals surface area contributed by atoms with Crippen molar-refractivity contribution in [3.63, 3.8) is 0 Å². The summed E-state index contributed by atoms with van der Waals surface area (Å²) in [4.78, 5) is 33.3. The number of nitrogens with two attached hydrogens (primary N) is 1. The molecule has 1 rings (SSSR count). The molecule has 150 valence electrons. The molecule has 0 heterocycles. The number of nitrogens with one attached hydrogen (secondary N) is 1. The molecular formula is C17H30ClN3O5. The minimum absolute atomic E-state index is 0. The van der Waals surface area contributed by atoms with Crippen LogP contribution in [0.3, 0.4) is 0 Å². The van der Waals surface area contributed by atoms with Crippen molar-refractivity contribution >= 4 is 30.4 Å². The molecule has 2 amide bonds. The van der Waals surface area contributed by atoms with E-state index >= 15 is 0 Å². The van der Waals surface area contributed by atoms with Gasteiger partial charge >= 0.3 is 18.0 Å². The fourth-order valence-electron chi connectivity index (χ4n) is 1.24. The maximum Gasteiger partial charge on any atom is 0.325 e. The number of ether oxygens (including phenoxy) is 1. The van der Waals surface area contributed by atoms with Crippen LogP contribution >= 0.6 is 12.4 Å². The zero-order chi connectivity index (χ0) is 18.7. The zero-order valence-electron chi connectivity index (χ0n) is 14.8. The van der Waals surface area contributed by atoms with Gasteiger partial charge in [-0.15, -0.1) is 12.4 Å². The molecule has 8 nitrogen and oxygen atoms in total. The second-order valence-electron chi connectivity index (χ2n) is 5.29. The number of rotatable bonds is 5. The maximum absolute atomic E-state index is 11.0. The van der Waals surface area contributed by atoms with Gasteiger partial charge < -0.3 is 25.8 Å². The van der Waals surface area contributed by atoms with E-state index in [1.165, 1.54) is 11.8 Å². The van der Waals surface area contributed by atoms with Crippen LogP contribution in [0, 0.1) is 0 Å². The molecule has 0 fully saturated rings. The van der Waals surface area contributed by atoms with E-state index in [4.69, 9.17) is 15.6 Å². The fraction of sp³-hybridized carbons (Fsp3) is 0.471. The molecule has 0 bridgehead atoms. The van der Waals surface area contributed by atoms with Gasteiger partial charge in [-0.3, -0.25) is 9.59 Å². The molecule has 0 radical (unpaired) electrons. The van der Waals surface area contributed by atoms with Crippen LogP contribution in [0.2, 0.25) is 0 Å². The van der Waals surface area contributed by atoms with Crippen LogP contribution in [0.5, 0.6) is 0 Å². The second kappa shape index (κ2) is 15.0. The summed E-state index contributed by atoms with van der Waals surface area (Å²) in [6.45, 7) is 3.30. The Hall–Kier alpha value is -2.32. The Morgan fingerprint density at radius 2 is 1.69 bits per heavy atom. The third kappa shape index (κ3) is 13.0. The molecule has 0 aromatic heterocycles. The molecule has 9 heteroatoms. The Morgan fingerprint density at radius 1 is 1.19 bits per heavy atom. The molecule has 0 aliphatic heterocycles. The summed E-state index contributed by atoms with van der Waals surface area (Å²) < 4.78 is 4.93. The van der Waals surface area contributed by atoms with Crippen LogP contribution in [-0.2, 0) is 20.9 Å². The molecule has 4 N–H and O–H groups in total. The van der Waals surface area contributed by atoms with Crippen LogP contribution in [0.15, 0.2) is 30.3 Å². The molecule has 0 aliphatic carbocycles. The second-order valence-corrected chi connectivity index (χ2v) is 5.29. The first kappa shape index (κ1) is 28.5. The van der Waals surface area contributed by atoms with Gasteiger partial charge in [0.2, 0.25) is 0 Å². The van der Waals surface area contributed by atoms with Crippen LogP contribution < -0.4 is 11.1 Å². The zero-order valence-corrected chi connectivity index (χ0v) is 15.6. The number of amides is 2. The fourth-order valence-corrected chi connectivity index (χ4v) is 1.24. The lowest BCUT2D eigenvalue weighted by Crippen LogP contribution is -2.43. The standard InChI is InChI=1S/C10H13NO2.C6H12N2O3.CH4.ClH/c1-8(11)10(12)13-7-9-5-3-2-4-6-9;1-4(5(9)10)7-6(11)8(2)3;;/h2-6,8H,7,11H2,1H3;4H,1-3H3,(H,7,11)(H,9,10);1H4;1H/t8-;4-;;/m00../s1. The number of hydrogen-bond acceptors (Lipinski definition) is 5. The monoisotopic (exact) mass is 391 g/mol. The van der Waals surface area contributed by atoms with Gasteiger partial charge in [0, 0.05) is 14.1 Å². The number of aliphatic carboxylic acids is 1. The highest BCUT2D eigenvalue weighted by molar-refractivity contribution is 5.85. The summed E-state index contributed by atoms with van der Waals surface area (Å²) >= 11 is 0. The lowest BCUT2D eigenvalue weighted by molar-refractivity contribution is -0.146. The number of carbonyl (C=O) groups is 3. The molecule has 0 saturated carbocycles. The molecule has 26 heavy (non-hydrogen) atoms. The molecule has 0 spiro atoms. The number of nitrogens with zero attached hydrogens (tertiary/aromatic N) is 1. The minimum Gasteiger partial charge on any atom is -0.480 e. The molecule has 1 aromatic carbocycles. The smallest absolute Gasteiger partial charge is 0.325 e. The Bertz CT molecular complexity index is 538. The van der Waals surface area contributed by atoms with Crippen molar-refractivity contribution in [3.8, 4) is 0 Å². The van der Waals surface area contributed by atoms with E-state index < -0.39 is 24.1 Å². The number of esters is 1. The van der Waals surface area contributed by atoms with E-state index in [-0.39, 0.29) is 25.8 Å². The predicted octanol–water partition coefficient (Wildman–Crippen LogP) is 1.87. The molecular weight excluding hydrogens is 362 g/mol. The van der Waals surface area contributed by atoms with Gasteiger partial charge in [-0.2, -0.15) is 0 Å². The van der Waals surface area contributed by atoms with Gasteiger partial charge in [0.25, 0.3) is 0 Å². The van der Waals surface area contributed by atoms with Gasteiger partial charge in [-0.25, -0.2) is 4.79 Å². The topological polar surface area (TPSA) is 122 Å². The van der Waals surface area contributed by atoms with Gasteiger partial charge in [0.05, 0.1) is 0 Å². The summed E-state index contributed by atoms with van der Waals surface area (Å²) in [6.07, 6.45) is 0. The van der Waals surface area contributed by atoms with E-state index in [1.54, 1.807) is 21.0 Å². The van der Waals surface area contributed by atoms with Crippen molar-refractivity contribution in [1.29, 1.82) is 0 Å². The van der Waals surface area contributed by atoms with Gasteiger partial charge in [0.15, 0.2) is 0 Å². The van der Waals surface area contributed by atoms with Crippen LogP contribution in [0.4, 0.5) is 4.79 Å². The van der Waals surface area contributed by atoms with Gasteiger partial charge in [-0.05, 0) is 19.4 Å². The first-order valence-electron chi connectivity index (χ1n) is 7.32. The third-order valence-corrected chi connectivity index (χ3v) is 2.71. The first-order chi connectivity index (χ1) is 11.1. The number of carboxylic acids is 1. The normalized spacial score (nSPS) is 11.1. The number of benzene rings is 1. The Labute approximate surface area is 161 Å². The number of halogens is 1. The summed E-state index contributed by atoms with van der Waals surface area (Å²) in [7, 11) is 3.09. The number of carbonyl (C=O) groups excluding carboxylic acids is 2. The first-order valence-corrected chi connectivity index (χ1v) is 7.32. The van der Waals surface area contributed by atoms with E-state index in [0.29, 0.717) is 6.61 Å². The van der Waals surface area contributed by atoms with E-state index in [2.05, 4.69) is 5.32 Å². The average Bonchev–Trinajstić information content (AvgIpc) is 2.53. The van der Waals surface area contributed by atoms with Crippen molar-refractivity contribution < 1.29 is 24.2 Å². The van der Waals surface area contributed by atoms with Crippen molar-refractivity contribution in [2.75, 3.05) is 14.1 Å². The van der Waals surface area contributed by atoms with Crippen LogP contribution in [0.25, 0.3) is 0 Å². The molecule has 0 aliphatic rings. The lowest BCUT2D eigenvalue weighted by Gasteiger charge is -2.14. The van der Waals surface area contributed by atoms with E-state index in [0.717, 1.165) is 5.56 Å². The summed E-state index contributed by atoms with van der Waals surface area (Å²) in [5.74, 6) is -1.41. The molecule has 0 saturated heterocycles. The number of hydrogen-bond donors (Lipinski definition) is 3. The highest BCUT2D eigenvalue weighted by Crippen LogP contribution is 2.00. The minimum atomic E-state index is -1.04. The third-order valence-electron chi connectivity index (χ3n) is 2.71.